The molecule has 160 valence electrons. The highest BCUT2D eigenvalue weighted by atomic mass is 32.2. The first-order valence-electron chi connectivity index (χ1n) is 9.09. The van der Waals surface area contributed by atoms with Crippen molar-refractivity contribution in [2.75, 3.05) is 30.6 Å². The lowest BCUT2D eigenvalue weighted by Crippen LogP contribution is -2.14. The number of anilines is 2. The summed E-state index contributed by atoms with van der Waals surface area (Å²) < 4.78 is 11.0. The molecule has 0 saturated heterocycles. The Hall–Kier alpha value is -3.37. The van der Waals surface area contributed by atoms with Gasteiger partial charge in [-0.1, -0.05) is 53.4 Å². The summed E-state index contributed by atoms with van der Waals surface area (Å²) in [5.74, 6) is 0.720. The number of thioether (sulfide) groups is 1. The van der Waals surface area contributed by atoms with E-state index in [9.17, 15) is 9.59 Å². The number of carbonyl (C=O) groups is 2. The second kappa shape index (κ2) is 11.1. The molecule has 0 atom stereocenters. The third-order valence-electron chi connectivity index (χ3n) is 3.87. The summed E-state index contributed by atoms with van der Waals surface area (Å²) in [6.07, 6.45) is 3.14. The molecule has 0 aliphatic carbocycles. The molecule has 1 heterocycles. The van der Waals surface area contributed by atoms with Crippen molar-refractivity contribution in [2.24, 2.45) is 0 Å². The van der Waals surface area contributed by atoms with Crippen molar-refractivity contribution in [3.05, 3.63) is 60.2 Å². The lowest BCUT2D eigenvalue weighted by atomic mass is 10.2. The van der Waals surface area contributed by atoms with E-state index in [2.05, 4.69) is 20.8 Å². The molecule has 0 bridgehead atoms. The van der Waals surface area contributed by atoms with Crippen molar-refractivity contribution < 1.29 is 19.1 Å². The molecule has 0 aliphatic heterocycles. The molecular formula is C21H20N4O4S2. The number of nitrogens with one attached hydrogen (secondary N) is 2. The topological polar surface area (TPSA) is 102 Å². The minimum Gasteiger partial charge on any atom is -0.497 e. The minimum absolute atomic E-state index is 0.122. The molecule has 2 aromatic carbocycles. The first kappa shape index (κ1) is 22.3. The maximum atomic E-state index is 12.3. The van der Waals surface area contributed by atoms with E-state index in [1.54, 1.807) is 31.4 Å². The number of nitrogens with zero attached hydrogens (tertiary/aromatic N) is 2. The van der Waals surface area contributed by atoms with E-state index < -0.39 is 0 Å². The monoisotopic (exact) mass is 456 g/mol. The zero-order valence-corrected chi connectivity index (χ0v) is 18.5. The summed E-state index contributed by atoms with van der Waals surface area (Å²) in [5, 5.41) is 13.7. The van der Waals surface area contributed by atoms with Crippen LogP contribution in [0.3, 0.4) is 0 Å². The van der Waals surface area contributed by atoms with Gasteiger partial charge in [0.2, 0.25) is 16.9 Å². The van der Waals surface area contributed by atoms with Crippen molar-refractivity contribution in [1.29, 1.82) is 0 Å². The Kier molecular flexibility index (Phi) is 8.02. The van der Waals surface area contributed by atoms with Gasteiger partial charge in [-0.25, -0.2) is 0 Å². The molecule has 8 nitrogen and oxygen atoms in total. The molecule has 0 radical (unpaired) electrons. The third-order valence-corrected chi connectivity index (χ3v) is 5.84. The third kappa shape index (κ3) is 6.83. The molecular weight excluding hydrogens is 436 g/mol. The molecule has 0 saturated carbocycles. The minimum atomic E-state index is -0.306. The lowest BCUT2D eigenvalue weighted by molar-refractivity contribution is -0.114. The second-order valence-electron chi connectivity index (χ2n) is 6.01. The Morgan fingerprint density at radius 3 is 2.61 bits per heavy atom. The molecule has 31 heavy (non-hydrogen) atoms. The Bertz CT molecular complexity index is 1070. The van der Waals surface area contributed by atoms with Gasteiger partial charge in [0, 0.05) is 12.1 Å². The summed E-state index contributed by atoms with van der Waals surface area (Å²) >= 11 is 2.42. The van der Waals surface area contributed by atoms with Crippen molar-refractivity contribution >= 4 is 51.8 Å². The fourth-order valence-corrected chi connectivity index (χ4v) is 3.98. The molecule has 2 amide bonds. The number of benzene rings is 2. The first-order chi connectivity index (χ1) is 15.1. The highest BCUT2D eigenvalue weighted by Gasteiger charge is 2.12. The van der Waals surface area contributed by atoms with Crippen LogP contribution in [0.1, 0.15) is 5.56 Å². The van der Waals surface area contributed by atoms with Crippen LogP contribution in [0.5, 0.6) is 11.5 Å². The lowest BCUT2D eigenvalue weighted by Gasteiger charge is -2.11. The van der Waals surface area contributed by atoms with E-state index in [-0.39, 0.29) is 17.6 Å². The zero-order chi connectivity index (χ0) is 22.1. The van der Waals surface area contributed by atoms with Crippen LogP contribution in [0.2, 0.25) is 0 Å². The van der Waals surface area contributed by atoms with Crippen LogP contribution in [0.25, 0.3) is 6.08 Å². The van der Waals surface area contributed by atoms with Gasteiger partial charge in [-0.05, 0) is 23.8 Å². The Morgan fingerprint density at radius 2 is 1.87 bits per heavy atom. The molecule has 1 aromatic heterocycles. The van der Waals surface area contributed by atoms with E-state index in [4.69, 9.17) is 9.47 Å². The highest BCUT2D eigenvalue weighted by Crippen LogP contribution is 2.30. The van der Waals surface area contributed by atoms with Gasteiger partial charge in [0.25, 0.3) is 0 Å². The molecule has 0 unspecified atom stereocenters. The van der Waals surface area contributed by atoms with Gasteiger partial charge in [-0.3, -0.25) is 14.9 Å². The van der Waals surface area contributed by atoms with Gasteiger partial charge in [0.15, 0.2) is 4.34 Å². The number of ether oxygens (including phenoxy) is 2. The molecule has 2 N–H and O–H groups in total. The highest BCUT2D eigenvalue weighted by molar-refractivity contribution is 8.01. The van der Waals surface area contributed by atoms with E-state index in [0.717, 1.165) is 5.56 Å². The molecule has 0 fully saturated rings. The maximum Gasteiger partial charge on any atom is 0.250 e. The number of amides is 2. The van der Waals surface area contributed by atoms with E-state index >= 15 is 0 Å². The SMILES string of the molecule is COc1ccc(OC)c(NC(=O)CSc2nnc(NC(=O)/C=C/c3ccccc3)s2)c1. The standard InChI is InChI=1S/C21H20N4O4S2/c1-28-15-9-10-17(29-2)16(12-15)22-19(27)13-30-21-25-24-20(31-21)23-18(26)11-8-14-6-4-3-5-7-14/h3-12H,13H2,1-2H3,(H,22,27)(H,23,24,26)/b11-8+. The summed E-state index contributed by atoms with van der Waals surface area (Å²) in [6.45, 7) is 0. The molecule has 10 heteroatoms. The van der Waals surface area contributed by atoms with Crippen molar-refractivity contribution in [3.8, 4) is 11.5 Å². The summed E-state index contributed by atoms with van der Waals surface area (Å²) in [5.41, 5.74) is 1.44. The van der Waals surface area contributed by atoms with E-state index in [1.165, 1.54) is 36.3 Å². The number of aromatic nitrogens is 2. The number of methoxy groups -OCH3 is 2. The number of hydrogen-bond donors (Lipinski definition) is 2. The molecule has 3 rings (SSSR count). The van der Waals surface area contributed by atoms with Crippen LogP contribution in [-0.2, 0) is 9.59 Å². The Balaban J connectivity index is 1.50. The predicted molar refractivity (Wildman–Crippen MR) is 123 cm³/mol. The van der Waals surface area contributed by atoms with Crippen LogP contribution in [-0.4, -0.2) is 42.0 Å². The average molecular weight is 457 g/mol. The summed E-state index contributed by atoms with van der Waals surface area (Å²) in [7, 11) is 3.07. The summed E-state index contributed by atoms with van der Waals surface area (Å²) in [4.78, 5) is 24.3. The van der Waals surface area contributed by atoms with Gasteiger partial charge in [-0.15, -0.1) is 10.2 Å². The zero-order valence-electron chi connectivity index (χ0n) is 16.8. The smallest absolute Gasteiger partial charge is 0.250 e. The molecule has 0 spiro atoms. The van der Waals surface area contributed by atoms with E-state index in [1.807, 2.05) is 30.3 Å². The van der Waals surface area contributed by atoms with Gasteiger partial charge in [0.05, 0.1) is 25.7 Å². The number of carbonyl (C=O) groups excluding carboxylic acids is 2. The summed E-state index contributed by atoms with van der Waals surface area (Å²) in [6, 6.07) is 14.6. The van der Waals surface area contributed by atoms with Crippen molar-refractivity contribution in [2.45, 2.75) is 4.34 Å². The van der Waals surface area contributed by atoms with Gasteiger partial charge >= 0.3 is 0 Å². The van der Waals surface area contributed by atoms with Crippen LogP contribution in [0, 0.1) is 0 Å². The molecule has 3 aromatic rings. The number of hydrogen-bond acceptors (Lipinski definition) is 8. The second-order valence-corrected chi connectivity index (χ2v) is 8.21. The number of rotatable bonds is 9. The first-order valence-corrected chi connectivity index (χ1v) is 10.9. The van der Waals surface area contributed by atoms with Crippen LogP contribution in [0.4, 0.5) is 10.8 Å². The predicted octanol–water partition coefficient (Wildman–Crippen LogP) is 3.94. The van der Waals surface area contributed by atoms with Crippen molar-refractivity contribution in [3.63, 3.8) is 0 Å². The fraction of sp³-hybridized carbons (Fsp3) is 0.143. The average Bonchev–Trinajstić information content (AvgIpc) is 3.24. The van der Waals surface area contributed by atoms with Gasteiger partial charge < -0.3 is 14.8 Å². The van der Waals surface area contributed by atoms with Crippen LogP contribution < -0.4 is 20.1 Å². The van der Waals surface area contributed by atoms with Crippen molar-refractivity contribution in [1.82, 2.24) is 10.2 Å². The van der Waals surface area contributed by atoms with E-state index in [0.29, 0.717) is 26.7 Å². The van der Waals surface area contributed by atoms with Gasteiger partial charge in [-0.2, -0.15) is 0 Å². The van der Waals surface area contributed by atoms with Crippen LogP contribution in [0.15, 0.2) is 58.9 Å². The maximum absolute atomic E-state index is 12.3. The van der Waals surface area contributed by atoms with Crippen LogP contribution >= 0.6 is 23.1 Å². The quantitative estimate of drug-likeness (QED) is 0.286. The van der Waals surface area contributed by atoms with Gasteiger partial charge in [0.1, 0.15) is 11.5 Å². The normalized spacial score (nSPS) is 10.6. The Labute approximate surface area is 187 Å². The molecule has 0 aliphatic rings. The Morgan fingerprint density at radius 1 is 1.06 bits per heavy atom. The fourth-order valence-electron chi connectivity index (χ4n) is 2.43. The largest absolute Gasteiger partial charge is 0.497 e.